The van der Waals surface area contributed by atoms with Gasteiger partial charge in [-0.1, -0.05) is 18.6 Å². The number of likely N-dealkylation sites (N-methyl/N-ethyl adjacent to an activating group) is 1. The first-order valence-electron chi connectivity index (χ1n) is 9.50. The second-order valence-corrected chi connectivity index (χ2v) is 9.20. The molecule has 0 amide bonds. The molecular weight excluding hydrogens is 379 g/mol. The fourth-order valence-electron chi connectivity index (χ4n) is 3.41. The third kappa shape index (κ3) is 4.87. The van der Waals surface area contributed by atoms with Crippen molar-refractivity contribution in [2.75, 3.05) is 39.0 Å². The highest BCUT2D eigenvalue weighted by atomic mass is 32.2. The van der Waals surface area contributed by atoms with Gasteiger partial charge in [0, 0.05) is 25.8 Å². The number of anilines is 1. The summed E-state index contributed by atoms with van der Waals surface area (Å²) in [6.07, 6.45) is 4.28. The second kappa shape index (κ2) is 8.98. The number of nitrogens with zero attached hydrogens (tertiary/aromatic N) is 3. The van der Waals surface area contributed by atoms with Gasteiger partial charge in [-0.25, -0.2) is 17.8 Å². The lowest BCUT2D eigenvalue weighted by Crippen LogP contribution is -2.35. The van der Waals surface area contributed by atoms with Gasteiger partial charge in [-0.3, -0.25) is 0 Å². The summed E-state index contributed by atoms with van der Waals surface area (Å²) in [4.78, 5) is 6.49. The maximum atomic E-state index is 13.6. The average Bonchev–Trinajstić information content (AvgIpc) is 2.69. The predicted molar refractivity (Wildman–Crippen MR) is 108 cm³/mol. The van der Waals surface area contributed by atoms with Gasteiger partial charge in [-0.15, -0.1) is 0 Å². The Kier molecular flexibility index (Phi) is 6.64. The van der Waals surface area contributed by atoms with Gasteiger partial charge in [-0.05, 0) is 56.8 Å². The van der Waals surface area contributed by atoms with E-state index in [1.807, 2.05) is 25.1 Å². The molecule has 1 aromatic carbocycles. The molecule has 0 spiro atoms. The molecule has 0 bridgehead atoms. The lowest BCUT2D eigenvalue weighted by molar-refractivity contribution is 0.311. The molecule has 1 fully saturated rings. The molecule has 2 aromatic rings. The van der Waals surface area contributed by atoms with Gasteiger partial charge in [0.05, 0.1) is 6.04 Å². The molecule has 1 saturated heterocycles. The summed E-state index contributed by atoms with van der Waals surface area (Å²) in [5.41, 5.74) is 0.863. The van der Waals surface area contributed by atoms with Crippen molar-refractivity contribution in [1.82, 2.24) is 14.2 Å². The number of piperidine rings is 1. The van der Waals surface area contributed by atoms with Crippen LogP contribution in [0, 0.1) is 5.82 Å². The first kappa shape index (κ1) is 20.7. The molecule has 3 rings (SSSR count). The van der Waals surface area contributed by atoms with Crippen molar-refractivity contribution in [3.8, 4) is 0 Å². The monoisotopic (exact) mass is 406 g/mol. The molecule has 0 aliphatic carbocycles. The molecule has 152 valence electrons. The van der Waals surface area contributed by atoms with E-state index in [0.29, 0.717) is 25.5 Å². The van der Waals surface area contributed by atoms with Gasteiger partial charge in [0.1, 0.15) is 16.5 Å². The highest BCUT2D eigenvalue weighted by Gasteiger charge is 2.26. The molecule has 6 nitrogen and oxygen atoms in total. The fraction of sp³-hybridized carbons (Fsp3) is 0.450. The minimum atomic E-state index is -3.48. The van der Waals surface area contributed by atoms with E-state index >= 15 is 0 Å². The topological polar surface area (TPSA) is 65.5 Å². The van der Waals surface area contributed by atoms with Crippen LogP contribution in [0.15, 0.2) is 47.5 Å². The third-order valence-electron chi connectivity index (χ3n) is 5.02. The summed E-state index contributed by atoms with van der Waals surface area (Å²) in [6.45, 7) is 1.66. The molecule has 1 atom stereocenters. The fourth-order valence-corrected chi connectivity index (χ4v) is 4.87. The van der Waals surface area contributed by atoms with Crippen molar-refractivity contribution in [2.24, 2.45) is 0 Å². The van der Waals surface area contributed by atoms with Crippen molar-refractivity contribution in [2.45, 2.75) is 30.2 Å². The largest absolute Gasteiger partial charge is 0.368 e. The van der Waals surface area contributed by atoms with Crippen molar-refractivity contribution < 1.29 is 12.8 Å². The van der Waals surface area contributed by atoms with Gasteiger partial charge in [-0.2, -0.15) is 4.31 Å². The van der Waals surface area contributed by atoms with Crippen LogP contribution in [0.1, 0.15) is 30.9 Å². The molecule has 1 aliphatic rings. The van der Waals surface area contributed by atoms with E-state index < -0.39 is 10.0 Å². The maximum absolute atomic E-state index is 13.6. The molecule has 1 N–H and O–H groups in total. The Morgan fingerprint density at radius 2 is 1.93 bits per heavy atom. The van der Waals surface area contributed by atoms with Gasteiger partial charge < -0.3 is 10.2 Å². The summed E-state index contributed by atoms with van der Waals surface area (Å²) in [5.74, 6) is 0.315. The second-order valence-electron chi connectivity index (χ2n) is 7.26. The van der Waals surface area contributed by atoms with E-state index in [-0.39, 0.29) is 16.8 Å². The summed E-state index contributed by atoms with van der Waals surface area (Å²) >= 11 is 0. The van der Waals surface area contributed by atoms with E-state index in [2.05, 4.69) is 10.3 Å². The number of rotatable bonds is 7. The molecule has 1 aliphatic heterocycles. The number of sulfonamides is 1. The van der Waals surface area contributed by atoms with Gasteiger partial charge in [0.25, 0.3) is 0 Å². The zero-order chi connectivity index (χ0) is 20.1. The van der Waals surface area contributed by atoms with E-state index in [1.165, 1.54) is 22.6 Å². The van der Waals surface area contributed by atoms with Crippen LogP contribution in [0.3, 0.4) is 0 Å². The molecule has 2 heterocycles. The van der Waals surface area contributed by atoms with Crippen LogP contribution in [-0.2, 0) is 10.0 Å². The number of pyridine rings is 1. The summed E-state index contributed by atoms with van der Waals surface area (Å²) < 4.78 is 40.5. The molecule has 0 saturated carbocycles. The lowest BCUT2D eigenvalue weighted by Gasteiger charge is -2.26. The predicted octanol–water partition coefficient (Wildman–Crippen LogP) is 3.11. The third-order valence-corrected chi connectivity index (χ3v) is 6.90. The quantitative estimate of drug-likeness (QED) is 0.765. The first-order chi connectivity index (χ1) is 13.4. The molecule has 1 unspecified atom stereocenters. The molecule has 28 heavy (non-hydrogen) atoms. The average molecular weight is 407 g/mol. The molecule has 0 radical (unpaired) electrons. The summed E-state index contributed by atoms with van der Waals surface area (Å²) in [5, 5.41) is 3.22. The highest BCUT2D eigenvalue weighted by molar-refractivity contribution is 7.89. The normalized spacial score (nSPS) is 16.9. The lowest BCUT2D eigenvalue weighted by atomic mass is 10.1. The summed E-state index contributed by atoms with van der Waals surface area (Å²) in [6, 6.07) is 9.74. The Bertz CT molecular complexity index is 881. The summed E-state index contributed by atoms with van der Waals surface area (Å²) in [7, 11) is 0.381. The number of halogens is 1. The molecule has 8 heteroatoms. The van der Waals surface area contributed by atoms with Crippen molar-refractivity contribution in [3.63, 3.8) is 0 Å². The number of hydrogen-bond donors (Lipinski definition) is 1. The van der Waals surface area contributed by atoms with E-state index in [9.17, 15) is 12.8 Å². The Balaban J connectivity index is 1.68. The van der Waals surface area contributed by atoms with Crippen LogP contribution in [0.4, 0.5) is 10.2 Å². The number of hydrogen-bond acceptors (Lipinski definition) is 5. The Hall–Kier alpha value is -2.03. The number of nitrogens with one attached hydrogen (secondary N) is 1. The standard InChI is InChI=1S/C20H27FN4O2S/c1-24(2)19(16-7-6-8-17(21)13-16)15-23-20-10-9-18(14-22-20)28(26,27)25-11-4-3-5-12-25/h6-10,13-14,19H,3-5,11-12,15H2,1-2H3,(H,22,23). The van der Waals surface area contributed by atoms with Crippen LogP contribution in [0.25, 0.3) is 0 Å². The van der Waals surface area contributed by atoms with Crippen LogP contribution in [0.2, 0.25) is 0 Å². The zero-order valence-electron chi connectivity index (χ0n) is 16.3. The number of aromatic nitrogens is 1. The van der Waals surface area contributed by atoms with Crippen LogP contribution >= 0.6 is 0 Å². The minimum absolute atomic E-state index is 0.0470. The first-order valence-corrected chi connectivity index (χ1v) is 10.9. The van der Waals surface area contributed by atoms with Crippen LogP contribution in [-0.4, -0.2) is 56.3 Å². The molecule has 1 aromatic heterocycles. The van der Waals surface area contributed by atoms with Gasteiger partial charge >= 0.3 is 0 Å². The minimum Gasteiger partial charge on any atom is -0.368 e. The van der Waals surface area contributed by atoms with Crippen molar-refractivity contribution in [1.29, 1.82) is 0 Å². The van der Waals surface area contributed by atoms with Crippen LogP contribution in [0.5, 0.6) is 0 Å². The SMILES string of the molecule is CN(C)C(CNc1ccc(S(=O)(=O)N2CCCCC2)cn1)c1cccc(F)c1. The Morgan fingerprint density at radius 1 is 1.18 bits per heavy atom. The highest BCUT2D eigenvalue weighted by Crippen LogP contribution is 2.22. The van der Waals surface area contributed by atoms with Crippen molar-refractivity contribution in [3.05, 3.63) is 54.0 Å². The van der Waals surface area contributed by atoms with E-state index in [4.69, 9.17) is 0 Å². The smallest absolute Gasteiger partial charge is 0.244 e. The van der Waals surface area contributed by atoms with E-state index in [0.717, 1.165) is 24.8 Å². The maximum Gasteiger partial charge on any atom is 0.244 e. The van der Waals surface area contributed by atoms with E-state index in [1.54, 1.807) is 18.2 Å². The zero-order valence-corrected chi connectivity index (χ0v) is 17.1. The number of benzene rings is 1. The van der Waals surface area contributed by atoms with Crippen LogP contribution < -0.4 is 5.32 Å². The Morgan fingerprint density at radius 3 is 2.54 bits per heavy atom. The molecular formula is C20H27FN4O2S. The van der Waals surface area contributed by atoms with Gasteiger partial charge in [0.2, 0.25) is 10.0 Å². The van der Waals surface area contributed by atoms with Gasteiger partial charge in [0.15, 0.2) is 0 Å². The van der Waals surface area contributed by atoms with Crippen molar-refractivity contribution >= 4 is 15.8 Å². The Labute approximate surface area is 166 Å².